The van der Waals surface area contributed by atoms with Crippen molar-refractivity contribution in [2.24, 2.45) is 0 Å². The van der Waals surface area contributed by atoms with Crippen LogP contribution in [0.15, 0.2) is 52.6 Å². The largest absolute Gasteiger partial charge is 0.383 e. The first-order valence-electron chi connectivity index (χ1n) is 7.35. The molecule has 0 saturated heterocycles. The van der Waals surface area contributed by atoms with Crippen LogP contribution >= 0.6 is 27.3 Å². The predicted molar refractivity (Wildman–Crippen MR) is 103 cm³/mol. The van der Waals surface area contributed by atoms with Gasteiger partial charge in [0.2, 0.25) is 0 Å². The Kier molecular flexibility index (Phi) is 3.78. The van der Waals surface area contributed by atoms with Gasteiger partial charge in [-0.1, -0.05) is 28.1 Å². The van der Waals surface area contributed by atoms with Gasteiger partial charge < -0.3 is 5.73 Å². The van der Waals surface area contributed by atoms with E-state index in [-0.39, 0.29) is 0 Å². The molecule has 3 aromatic heterocycles. The predicted octanol–water partition coefficient (Wildman–Crippen LogP) is 5.07. The molecule has 0 atom stereocenters. The third-order valence-electron chi connectivity index (χ3n) is 3.86. The van der Waals surface area contributed by atoms with Gasteiger partial charge in [0.05, 0.1) is 16.0 Å². The quantitative estimate of drug-likeness (QED) is 0.513. The molecule has 0 aliphatic rings. The SMILES string of the molecule is Cc1ccsc1-c1cc(-c2cccc(Br)c2)c2c(N)ncnc2n1. The average molecular weight is 397 g/mol. The molecule has 0 spiro atoms. The zero-order valence-electron chi connectivity index (χ0n) is 12.8. The van der Waals surface area contributed by atoms with E-state index < -0.39 is 0 Å². The van der Waals surface area contributed by atoms with Crippen molar-refractivity contribution in [2.45, 2.75) is 6.92 Å². The van der Waals surface area contributed by atoms with Crippen LogP contribution < -0.4 is 5.73 Å². The number of hydrogen-bond donors (Lipinski definition) is 1. The van der Waals surface area contributed by atoms with Crippen LogP contribution in [0.25, 0.3) is 32.7 Å². The van der Waals surface area contributed by atoms with E-state index in [1.807, 2.05) is 12.1 Å². The first-order valence-corrected chi connectivity index (χ1v) is 9.02. The molecular weight excluding hydrogens is 384 g/mol. The Labute approximate surface area is 151 Å². The van der Waals surface area contributed by atoms with E-state index in [4.69, 9.17) is 10.7 Å². The minimum atomic E-state index is 0.442. The fraction of sp³-hybridized carbons (Fsp3) is 0.0556. The van der Waals surface area contributed by atoms with Crippen molar-refractivity contribution in [3.63, 3.8) is 0 Å². The number of thiophene rings is 1. The zero-order valence-corrected chi connectivity index (χ0v) is 15.2. The average Bonchev–Trinajstić information content (AvgIpc) is 3.00. The number of halogens is 1. The molecule has 4 aromatic rings. The molecule has 4 rings (SSSR count). The van der Waals surface area contributed by atoms with Gasteiger partial charge in [0.15, 0.2) is 5.65 Å². The minimum absolute atomic E-state index is 0.442. The molecule has 1 aromatic carbocycles. The third-order valence-corrected chi connectivity index (χ3v) is 5.40. The highest BCUT2D eigenvalue weighted by molar-refractivity contribution is 9.10. The van der Waals surface area contributed by atoms with Crippen molar-refractivity contribution in [1.82, 2.24) is 15.0 Å². The Morgan fingerprint density at radius 3 is 2.75 bits per heavy atom. The van der Waals surface area contributed by atoms with Crippen molar-refractivity contribution in [3.05, 3.63) is 58.1 Å². The Hall–Kier alpha value is -2.31. The van der Waals surface area contributed by atoms with Gasteiger partial charge in [-0.25, -0.2) is 15.0 Å². The lowest BCUT2D eigenvalue weighted by molar-refractivity contribution is 1.19. The second-order valence-electron chi connectivity index (χ2n) is 5.46. The summed E-state index contributed by atoms with van der Waals surface area (Å²) in [5.41, 5.74) is 10.9. The molecule has 0 aliphatic carbocycles. The molecule has 2 N–H and O–H groups in total. The molecule has 4 nitrogen and oxygen atoms in total. The Balaban J connectivity index is 2.08. The van der Waals surface area contributed by atoms with Gasteiger partial charge >= 0.3 is 0 Å². The van der Waals surface area contributed by atoms with Crippen molar-refractivity contribution >= 4 is 44.1 Å². The van der Waals surface area contributed by atoms with Gasteiger partial charge in [-0.3, -0.25) is 0 Å². The highest BCUT2D eigenvalue weighted by Gasteiger charge is 2.15. The Morgan fingerprint density at radius 1 is 1.12 bits per heavy atom. The number of aryl methyl sites for hydroxylation is 1. The molecule has 0 bridgehead atoms. The number of rotatable bonds is 2. The fourth-order valence-corrected chi connectivity index (χ4v) is 4.01. The van der Waals surface area contributed by atoms with Crippen LogP contribution in [-0.4, -0.2) is 15.0 Å². The molecule has 0 amide bonds. The van der Waals surface area contributed by atoms with E-state index in [1.165, 1.54) is 11.9 Å². The molecule has 24 heavy (non-hydrogen) atoms. The lowest BCUT2D eigenvalue weighted by Gasteiger charge is -2.11. The number of anilines is 1. The number of aromatic nitrogens is 3. The number of benzene rings is 1. The molecular formula is C18H13BrN4S. The lowest BCUT2D eigenvalue weighted by Crippen LogP contribution is -1.98. The number of nitrogens with two attached hydrogens (primary N) is 1. The summed E-state index contributed by atoms with van der Waals surface area (Å²) in [5.74, 6) is 0.442. The maximum absolute atomic E-state index is 6.13. The summed E-state index contributed by atoms with van der Waals surface area (Å²) in [6.45, 7) is 2.09. The van der Waals surface area contributed by atoms with E-state index in [1.54, 1.807) is 11.3 Å². The molecule has 0 saturated carbocycles. The highest BCUT2D eigenvalue weighted by atomic mass is 79.9. The number of hydrogen-bond acceptors (Lipinski definition) is 5. The van der Waals surface area contributed by atoms with Crippen molar-refractivity contribution in [1.29, 1.82) is 0 Å². The van der Waals surface area contributed by atoms with E-state index in [2.05, 4.69) is 62.5 Å². The summed E-state index contributed by atoms with van der Waals surface area (Å²) in [6, 6.07) is 12.3. The van der Waals surface area contributed by atoms with Crippen LogP contribution in [0.5, 0.6) is 0 Å². The van der Waals surface area contributed by atoms with Gasteiger partial charge in [-0.05, 0) is 53.3 Å². The zero-order chi connectivity index (χ0) is 16.7. The summed E-state index contributed by atoms with van der Waals surface area (Å²) in [4.78, 5) is 14.3. The van der Waals surface area contributed by atoms with Gasteiger partial charge in [-0.15, -0.1) is 11.3 Å². The van der Waals surface area contributed by atoms with Gasteiger partial charge in [0.25, 0.3) is 0 Å². The third kappa shape index (κ3) is 2.57. The number of pyridine rings is 1. The van der Waals surface area contributed by atoms with Crippen LogP contribution in [0, 0.1) is 6.92 Å². The Morgan fingerprint density at radius 2 is 2.00 bits per heavy atom. The molecule has 0 unspecified atom stereocenters. The van der Waals surface area contributed by atoms with Crippen LogP contribution in [0.2, 0.25) is 0 Å². The number of fused-ring (bicyclic) bond motifs is 1. The normalized spacial score (nSPS) is 11.1. The summed E-state index contributed by atoms with van der Waals surface area (Å²) in [5, 5.41) is 2.86. The molecule has 118 valence electrons. The highest BCUT2D eigenvalue weighted by Crippen LogP contribution is 2.36. The van der Waals surface area contributed by atoms with E-state index in [0.29, 0.717) is 11.5 Å². The maximum atomic E-state index is 6.13. The van der Waals surface area contributed by atoms with Crippen LogP contribution in [0.1, 0.15) is 5.56 Å². The fourth-order valence-electron chi connectivity index (χ4n) is 2.72. The smallest absolute Gasteiger partial charge is 0.165 e. The summed E-state index contributed by atoms with van der Waals surface area (Å²) in [7, 11) is 0. The topological polar surface area (TPSA) is 64.7 Å². The van der Waals surface area contributed by atoms with Crippen LogP contribution in [0.3, 0.4) is 0 Å². The first-order chi connectivity index (χ1) is 11.6. The van der Waals surface area contributed by atoms with Crippen molar-refractivity contribution in [3.8, 4) is 21.7 Å². The molecule has 0 fully saturated rings. The van der Waals surface area contributed by atoms with Gasteiger partial charge in [-0.2, -0.15) is 0 Å². The van der Waals surface area contributed by atoms with Gasteiger partial charge in [0, 0.05) is 4.47 Å². The van der Waals surface area contributed by atoms with Crippen molar-refractivity contribution < 1.29 is 0 Å². The van der Waals surface area contributed by atoms with E-state index in [0.717, 1.165) is 31.6 Å². The van der Waals surface area contributed by atoms with Gasteiger partial charge in [0.1, 0.15) is 12.1 Å². The first kappa shape index (κ1) is 15.2. The molecule has 0 radical (unpaired) electrons. The Bertz CT molecular complexity index is 1060. The lowest BCUT2D eigenvalue weighted by atomic mass is 10.0. The molecule has 3 heterocycles. The molecule has 6 heteroatoms. The monoisotopic (exact) mass is 396 g/mol. The number of nitrogens with zero attached hydrogens (tertiary/aromatic N) is 3. The second-order valence-corrected chi connectivity index (χ2v) is 7.29. The second kappa shape index (κ2) is 5.96. The van der Waals surface area contributed by atoms with Crippen molar-refractivity contribution in [2.75, 3.05) is 5.73 Å². The summed E-state index contributed by atoms with van der Waals surface area (Å²) in [6.07, 6.45) is 1.46. The maximum Gasteiger partial charge on any atom is 0.165 e. The minimum Gasteiger partial charge on any atom is -0.383 e. The number of nitrogen functional groups attached to an aromatic ring is 1. The standard InChI is InChI=1S/C18H13BrN4S/c1-10-5-6-24-16(10)14-8-13(11-3-2-4-12(19)7-11)15-17(20)21-9-22-18(15)23-14/h2-9H,1H3,(H2,20,21,22,23). The van der Waals surface area contributed by atoms with E-state index >= 15 is 0 Å². The summed E-state index contributed by atoms with van der Waals surface area (Å²) >= 11 is 5.21. The van der Waals surface area contributed by atoms with E-state index in [9.17, 15) is 0 Å². The molecule has 0 aliphatic heterocycles. The van der Waals surface area contributed by atoms with Crippen LogP contribution in [-0.2, 0) is 0 Å². The van der Waals surface area contributed by atoms with Crippen LogP contribution in [0.4, 0.5) is 5.82 Å². The summed E-state index contributed by atoms with van der Waals surface area (Å²) < 4.78 is 1.01.